The predicted molar refractivity (Wildman–Crippen MR) is 101 cm³/mol. The highest BCUT2D eigenvalue weighted by atomic mass is 19.3. The molecule has 0 fully saturated rings. The fourth-order valence-electron chi connectivity index (χ4n) is 2.54. The predicted octanol–water partition coefficient (Wildman–Crippen LogP) is 1.96. The third kappa shape index (κ3) is 4.93. The number of anilines is 1. The number of nitrogens with zero attached hydrogens (tertiary/aromatic N) is 3. The van der Waals surface area contributed by atoms with Crippen molar-refractivity contribution in [3.8, 4) is 5.75 Å². The van der Waals surface area contributed by atoms with E-state index in [1.165, 1.54) is 31.2 Å². The third-order valence-corrected chi connectivity index (χ3v) is 3.95. The van der Waals surface area contributed by atoms with Gasteiger partial charge in [0.25, 0.3) is 11.5 Å². The number of alkyl halides is 2. The first kappa shape index (κ1) is 20.8. The van der Waals surface area contributed by atoms with Crippen LogP contribution < -0.4 is 15.6 Å². The molecule has 3 rings (SSSR count). The van der Waals surface area contributed by atoms with Gasteiger partial charge in [0.2, 0.25) is 0 Å². The molecule has 3 aromatic rings. The summed E-state index contributed by atoms with van der Waals surface area (Å²) in [5, 5.41) is 10.1. The van der Waals surface area contributed by atoms with Gasteiger partial charge >= 0.3 is 12.6 Å². The van der Waals surface area contributed by atoms with E-state index in [2.05, 4.69) is 20.4 Å². The highest BCUT2D eigenvalue weighted by Gasteiger charge is 2.21. The van der Waals surface area contributed by atoms with E-state index in [4.69, 9.17) is 4.74 Å². The molecule has 0 aliphatic rings. The van der Waals surface area contributed by atoms with Crippen molar-refractivity contribution < 1.29 is 27.8 Å². The minimum absolute atomic E-state index is 0.0117. The van der Waals surface area contributed by atoms with Crippen LogP contribution in [0.2, 0.25) is 0 Å². The van der Waals surface area contributed by atoms with Crippen LogP contribution in [0.1, 0.15) is 6.92 Å². The molecule has 156 valence electrons. The van der Waals surface area contributed by atoms with E-state index in [0.29, 0.717) is 5.52 Å². The third-order valence-electron chi connectivity index (χ3n) is 3.95. The first-order valence-corrected chi connectivity index (χ1v) is 8.72. The van der Waals surface area contributed by atoms with Gasteiger partial charge in [-0.05, 0) is 31.2 Å². The number of amides is 1. The van der Waals surface area contributed by atoms with Gasteiger partial charge in [-0.1, -0.05) is 29.5 Å². The Hall–Kier alpha value is -3.89. The smallest absolute Gasteiger partial charge is 0.387 e. The van der Waals surface area contributed by atoms with E-state index in [1.807, 2.05) is 0 Å². The molecule has 0 aliphatic heterocycles. The van der Waals surface area contributed by atoms with Crippen molar-refractivity contribution in [1.82, 2.24) is 15.0 Å². The standard InChI is InChI=1S/C19H16F2N4O5/c1-11(17(27)22-14-8-4-5-9-15(14)30-19(20)21)29-16(26)10-25-18(28)12-6-2-3-7-13(12)23-24-25/h2-9,11,19H,10H2,1H3,(H,22,27). The van der Waals surface area contributed by atoms with Gasteiger partial charge in [0.15, 0.2) is 6.10 Å². The largest absolute Gasteiger partial charge is 0.451 e. The van der Waals surface area contributed by atoms with Gasteiger partial charge in [-0.25, -0.2) is 0 Å². The maximum Gasteiger partial charge on any atom is 0.387 e. The Balaban J connectivity index is 1.64. The van der Waals surface area contributed by atoms with E-state index < -0.39 is 36.7 Å². The topological polar surface area (TPSA) is 112 Å². The van der Waals surface area contributed by atoms with Gasteiger partial charge in [-0.15, -0.1) is 5.10 Å². The maximum absolute atomic E-state index is 12.5. The van der Waals surface area contributed by atoms with Crippen molar-refractivity contribution in [2.45, 2.75) is 26.2 Å². The van der Waals surface area contributed by atoms with Gasteiger partial charge in [0.1, 0.15) is 17.8 Å². The number of carbonyl (C=O) groups is 2. The highest BCUT2D eigenvalue weighted by molar-refractivity contribution is 5.96. The molecule has 0 saturated heterocycles. The molecular weight excluding hydrogens is 402 g/mol. The number of carbonyl (C=O) groups excluding carboxylic acids is 2. The molecule has 0 bridgehead atoms. The average molecular weight is 418 g/mol. The molecule has 30 heavy (non-hydrogen) atoms. The number of esters is 1. The molecule has 1 amide bonds. The van der Waals surface area contributed by atoms with Crippen molar-refractivity contribution in [1.29, 1.82) is 0 Å². The molecule has 1 unspecified atom stereocenters. The number of hydrogen-bond acceptors (Lipinski definition) is 7. The normalized spacial score (nSPS) is 11.9. The Morgan fingerprint density at radius 1 is 1.13 bits per heavy atom. The number of nitrogens with one attached hydrogen (secondary N) is 1. The first-order chi connectivity index (χ1) is 14.3. The molecule has 2 aromatic carbocycles. The van der Waals surface area contributed by atoms with Crippen LogP contribution in [0, 0.1) is 0 Å². The van der Waals surface area contributed by atoms with Crippen molar-refractivity contribution in [2.75, 3.05) is 5.32 Å². The van der Waals surface area contributed by atoms with Crippen LogP contribution in [0.5, 0.6) is 5.75 Å². The number of rotatable bonds is 7. The molecule has 1 atom stereocenters. The summed E-state index contributed by atoms with van der Waals surface area (Å²) in [6.45, 7) is -2.34. The summed E-state index contributed by atoms with van der Waals surface area (Å²) in [6, 6.07) is 12.1. The number of para-hydroxylation sites is 2. The summed E-state index contributed by atoms with van der Waals surface area (Å²) in [5.41, 5.74) is -0.167. The van der Waals surface area contributed by atoms with Crippen LogP contribution in [0.4, 0.5) is 14.5 Å². The monoisotopic (exact) mass is 418 g/mol. The highest BCUT2D eigenvalue weighted by Crippen LogP contribution is 2.25. The zero-order chi connectivity index (χ0) is 21.7. The lowest BCUT2D eigenvalue weighted by Gasteiger charge is -2.15. The minimum atomic E-state index is -3.07. The van der Waals surface area contributed by atoms with Crippen molar-refractivity contribution in [3.63, 3.8) is 0 Å². The van der Waals surface area contributed by atoms with Crippen molar-refractivity contribution >= 4 is 28.5 Å². The Morgan fingerprint density at radius 2 is 1.83 bits per heavy atom. The first-order valence-electron chi connectivity index (χ1n) is 8.72. The molecule has 9 nitrogen and oxygen atoms in total. The number of ether oxygens (including phenoxy) is 2. The number of halogens is 2. The summed E-state index contributed by atoms with van der Waals surface area (Å²) in [5.74, 6) is -1.91. The van der Waals surface area contributed by atoms with Crippen molar-refractivity contribution in [2.24, 2.45) is 0 Å². The second kappa shape index (κ2) is 9.07. The Labute approximate surface area is 168 Å². The van der Waals surface area contributed by atoms with Crippen LogP contribution in [0.15, 0.2) is 53.3 Å². The summed E-state index contributed by atoms with van der Waals surface area (Å²) >= 11 is 0. The van der Waals surface area contributed by atoms with E-state index in [-0.39, 0.29) is 16.8 Å². The quantitative estimate of drug-likeness (QED) is 0.584. The van der Waals surface area contributed by atoms with Crippen LogP contribution >= 0.6 is 0 Å². The molecule has 1 N–H and O–H groups in total. The molecule has 11 heteroatoms. The molecule has 0 spiro atoms. The number of benzene rings is 2. The van der Waals surface area contributed by atoms with Crippen LogP contribution in [0.3, 0.4) is 0 Å². The lowest BCUT2D eigenvalue weighted by molar-refractivity contribution is -0.154. The molecule has 1 aromatic heterocycles. The average Bonchev–Trinajstić information content (AvgIpc) is 2.71. The summed E-state index contributed by atoms with van der Waals surface area (Å²) in [6.07, 6.45) is -1.28. The zero-order valence-corrected chi connectivity index (χ0v) is 15.6. The minimum Gasteiger partial charge on any atom is -0.451 e. The van der Waals surface area contributed by atoms with Gasteiger partial charge < -0.3 is 14.8 Å². The van der Waals surface area contributed by atoms with E-state index in [0.717, 1.165) is 4.68 Å². The van der Waals surface area contributed by atoms with Gasteiger partial charge in [0, 0.05) is 0 Å². The van der Waals surface area contributed by atoms with E-state index in [1.54, 1.807) is 24.3 Å². The van der Waals surface area contributed by atoms with Crippen LogP contribution in [0.25, 0.3) is 10.9 Å². The molecule has 1 heterocycles. The van der Waals surface area contributed by atoms with E-state index in [9.17, 15) is 23.2 Å². The number of hydrogen-bond donors (Lipinski definition) is 1. The fourth-order valence-corrected chi connectivity index (χ4v) is 2.54. The second-order valence-electron chi connectivity index (χ2n) is 6.07. The van der Waals surface area contributed by atoms with Gasteiger partial charge in [-0.3, -0.25) is 14.4 Å². The number of aromatic nitrogens is 3. The Kier molecular flexibility index (Phi) is 6.30. The molecule has 0 saturated carbocycles. The SMILES string of the molecule is CC(OC(=O)Cn1nnc2ccccc2c1=O)C(=O)Nc1ccccc1OC(F)F. The lowest BCUT2D eigenvalue weighted by Crippen LogP contribution is -2.34. The molecule has 0 radical (unpaired) electrons. The van der Waals surface area contributed by atoms with Crippen LogP contribution in [-0.2, 0) is 20.9 Å². The second-order valence-corrected chi connectivity index (χ2v) is 6.07. The summed E-state index contributed by atoms with van der Waals surface area (Å²) in [7, 11) is 0. The molecular formula is C19H16F2N4O5. The zero-order valence-electron chi connectivity index (χ0n) is 15.6. The lowest BCUT2D eigenvalue weighted by atomic mass is 10.2. The van der Waals surface area contributed by atoms with Gasteiger partial charge in [-0.2, -0.15) is 13.5 Å². The fraction of sp³-hybridized carbons (Fsp3) is 0.211. The van der Waals surface area contributed by atoms with Gasteiger partial charge in [0.05, 0.1) is 11.1 Å². The summed E-state index contributed by atoms with van der Waals surface area (Å²) in [4.78, 5) is 36.7. The van der Waals surface area contributed by atoms with Crippen molar-refractivity contribution in [3.05, 3.63) is 58.9 Å². The Morgan fingerprint density at radius 3 is 2.60 bits per heavy atom. The van der Waals surface area contributed by atoms with Crippen LogP contribution in [-0.4, -0.2) is 39.6 Å². The summed E-state index contributed by atoms with van der Waals surface area (Å²) < 4.78 is 35.1. The Bertz CT molecular complexity index is 1140. The molecule has 0 aliphatic carbocycles. The maximum atomic E-state index is 12.5. The number of fused-ring (bicyclic) bond motifs is 1. The van der Waals surface area contributed by atoms with E-state index >= 15 is 0 Å².